The van der Waals surface area contributed by atoms with Gasteiger partial charge in [-0.3, -0.25) is 19.3 Å². The summed E-state index contributed by atoms with van der Waals surface area (Å²) in [4.78, 5) is 48.4. The third-order valence-corrected chi connectivity index (χ3v) is 8.13. The predicted molar refractivity (Wildman–Crippen MR) is 145 cm³/mol. The van der Waals surface area contributed by atoms with Gasteiger partial charge in [0.1, 0.15) is 5.69 Å². The first-order valence-electron chi connectivity index (χ1n) is 13.1. The lowest BCUT2D eigenvalue weighted by Crippen LogP contribution is -2.50. The van der Waals surface area contributed by atoms with Crippen LogP contribution in [0.3, 0.4) is 0 Å². The number of nitrogens with zero attached hydrogens (tertiary/aromatic N) is 4. The highest BCUT2D eigenvalue weighted by molar-refractivity contribution is 7.09. The van der Waals surface area contributed by atoms with Gasteiger partial charge in [-0.2, -0.15) is 0 Å². The number of carbonyl (C=O) groups excluding carboxylic acids is 3. The fraction of sp³-hybridized carbons (Fsp3) is 0.556. The maximum absolute atomic E-state index is 13.3. The van der Waals surface area contributed by atoms with Gasteiger partial charge in [0.15, 0.2) is 11.5 Å². The lowest BCUT2D eigenvalue weighted by molar-refractivity contribution is -0.144. The molecule has 0 N–H and O–H groups in total. The zero-order valence-electron chi connectivity index (χ0n) is 22.9. The number of piperazine rings is 1. The van der Waals surface area contributed by atoms with Gasteiger partial charge in [-0.1, -0.05) is 0 Å². The highest BCUT2D eigenvalue weighted by atomic mass is 32.1. The summed E-state index contributed by atoms with van der Waals surface area (Å²) in [7, 11) is 4.56. The van der Waals surface area contributed by atoms with Crippen LogP contribution >= 0.6 is 11.3 Å². The molecule has 0 saturated carbocycles. The molecule has 0 unspecified atom stereocenters. The van der Waals surface area contributed by atoms with Crippen LogP contribution in [-0.2, 0) is 9.53 Å². The van der Waals surface area contributed by atoms with E-state index in [-0.39, 0.29) is 30.2 Å². The van der Waals surface area contributed by atoms with Crippen LogP contribution in [0.25, 0.3) is 0 Å². The molecule has 2 saturated heterocycles. The Hall–Kier alpha value is -3.38. The molecule has 2 amide bonds. The number of likely N-dealkylation sites (tertiary alicyclic amines) is 1. The Morgan fingerprint density at radius 2 is 1.56 bits per heavy atom. The van der Waals surface area contributed by atoms with Crippen LogP contribution in [0.5, 0.6) is 17.2 Å². The van der Waals surface area contributed by atoms with Crippen LogP contribution in [0.4, 0.5) is 0 Å². The molecule has 3 heterocycles. The quantitative estimate of drug-likeness (QED) is 0.427. The smallest absolute Gasteiger partial charge is 0.320 e. The SMILES string of the molecule is CCOC(=O)CN1CCN(C(=O)c2csc(C3CCN(C(=O)c4ccc(OC)c(OC)c4OC)CC3)n2)CC1. The average molecular weight is 561 g/mol. The van der Waals surface area contributed by atoms with E-state index in [2.05, 4.69) is 4.98 Å². The summed E-state index contributed by atoms with van der Waals surface area (Å²) in [6.45, 7) is 5.89. The van der Waals surface area contributed by atoms with Crippen LogP contribution in [0.15, 0.2) is 17.5 Å². The van der Waals surface area contributed by atoms with Gasteiger partial charge >= 0.3 is 5.97 Å². The third-order valence-electron chi connectivity index (χ3n) is 7.12. The number of rotatable bonds is 9. The van der Waals surface area contributed by atoms with E-state index in [1.165, 1.54) is 32.7 Å². The molecule has 2 fully saturated rings. The topological polar surface area (TPSA) is 111 Å². The molecule has 2 aromatic rings. The van der Waals surface area contributed by atoms with Crippen molar-refractivity contribution in [3.8, 4) is 17.2 Å². The number of hydrogen-bond donors (Lipinski definition) is 0. The summed E-state index contributed by atoms with van der Waals surface area (Å²) in [6, 6.07) is 3.40. The van der Waals surface area contributed by atoms with Crippen LogP contribution in [0, 0.1) is 0 Å². The molecule has 2 aliphatic heterocycles. The maximum atomic E-state index is 13.3. The molecule has 0 bridgehead atoms. The van der Waals surface area contributed by atoms with Crippen molar-refractivity contribution in [1.82, 2.24) is 19.7 Å². The van der Waals surface area contributed by atoms with Crippen molar-refractivity contribution in [2.45, 2.75) is 25.7 Å². The highest BCUT2D eigenvalue weighted by Gasteiger charge is 2.31. The van der Waals surface area contributed by atoms with Crippen molar-refractivity contribution in [1.29, 1.82) is 0 Å². The first-order chi connectivity index (χ1) is 18.9. The molecule has 1 aromatic carbocycles. The van der Waals surface area contributed by atoms with E-state index < -0.39 is 0 Å². The molecule has 2 aliphatic rings. The lowest BCUT2D eigenvalue weighted by atomic mass is 9.96. The molecule has 1 aromatic heterocycles. The van der Waals surface area contributed by atoms with E-state index in [9.17, 15) is 14.4 Å². The first-order valence-corrected chi connectivity index (χ1v) is 14.0. The van der Waals surface area contributed by atoms with Crippen molar-refractivity contribution >= 4 is 29.1 Å². The number of hydrogen-bond acceptors (Lipinski definition) is 10. The number of methoxy groups -OCH3 is 3. The summed E-state index contributed by atoms with van der Waals surface area (Å²) in [5.74, 6) is 0.989. The summed E-state index contributed by atoms with van der Waals surface area (Å²) in [6.07, 6.45) is 1.52. The van der Waals surface area contributed by atoms with Gasteiger partial charge in [0.25, 0.3) is 11.8 Å². The number of amides is 2. The monoisotopic (exact) mass is 560 g/mol. The molecule has 0 radical (unpaired) electrons. The standard InChI is InChI=1S/C27H36N4O7S/c1-5-38-22(32)16-29-12-14-31(15-13-29)27(34)20-17-39-25(28-20)18-8-10-30(11-9-18)26(33)19-6-7-21(35-2)24(37-4)23(19)36-3/h6-7,17-18H,5,8-16H2,1-4H3. The third kappa shape index (κ3) is 6.44. The molecule has 4 rings (SSSR count). The number of piperidine rings is 1. The zero-order chi connectivity index (χ0) is 27.9. The Kier molecular flexibility index (Phi) is 9.63. The Bertz CT molecular complexity index is 1170. The molecular formula is C27H36N4O7S. The average Bonchev–Trinajstić information content (AvgIpc) is 3.46. The zero-order valence-corrected chi connectivity index (χ0v) is 23.8. The molecule has 0 atom stereocenters. The van der Waals surface area contributed by atoms with E-state index in [1.54, 1.807) is 24.0 Å². The largest absolute Gasteiger partial charge is 0.493 e. The van der Waals surface area contributed by atoms with Crippen molar-refractivity contribution in [3.63, 3.8) is 0 Å². The van der Waals surface area contributed by atoms with E-state index in [0.717, 1.165) is 17.8 Å². The Labute approximate surface area is 232 Å². The molecule has 212 valence electrons. The summed E-state index contributed by atoms with van der Waals surface area (Å²) in [5.41, 5.74) is 0.889. The van der Waals surface area contributed by atoms with Crippen molar-refractivity contribution in [2.24, 2.45) is 0 Å². The number of aromatic nitrogens is 1. The number of esters is 1. The van der Waals surface area contributed by atoms with E-state index in [1.807, 2.05) is 15.2 Å². The van der Waals surface area contributed by atoms with Crippen molar-refractivity contribution < 1.29 is 33.3 Å². The number of thiazole rings is 1. The van der Waals surface area contributed by atoms with Crippen molar-refractivity contribution in [2.75, 3.05) is 73.7 Å². The molecular weight excluding hydrogens is 524 g/mol. The first kappa shape index (κ1) is 28.6. The van der Waals surface area contributed by atoms with Gasteiger partial charge in [-0.05, 0) is 31.9 Å². The van der Waals surface area contributed by atoms with Gasteiger partial charge < -0.3 is 28.7 Å². The van der Waals surface area contributed by atoms with Gasteiger partial charge in [-0.15, -0.1) is 11.3 Å². The van der Waals surface area contributed by atoms with Gasteiger partial charge in [-0.25, -0.2) is 4.98 Å². The minimum atomic E-state index is -0.239. The molecule has 0 aliphatic carbocycles. The Morgan fingerprint density at radius 3 is 2.18 bits per heavy atom. The summed E-state index contributed by atoms with van der Waals surface area (Å²) >= 11 is 1.50. The number of ether oxygens (including phenoxy) is 4. The number of carbonyl (C=O) groups is 3. The van der Waals surface area contributed by atoms with Crippen LogP contribution in [0.2, 0.25) is 0 Å². The van der Waals surface area contributed by atoms with E-state index >= 15 is 0 Å². The fourth-order valence-corrected chi connectivity index (χ4v) is 5.97. The van der Waals surface area contributed by atoms with E-state index in [0.29, 0.717) is 74.4 Å². The minimum absolute atomic E-state index is 0.0820. The summed E-state index contributed by atoms with van der Waals surface area (Å²) < 4.78 is 21.3. The van der Waals surface area contributed by atoms with Crippen molar-refractivity contribution in [3.05, 3.63) is 33.8 Å². The molecule has 39 heavy (non-hydrogen) atoms. The van der Waals surface area contributed by atoms with Gasteiger partial charge in [0.05, 0.1) is 45.1 Å². The van der Waals surface area contributed by atoms with E-state index in [4.69, 9.17) is 18.9 Å². The summed E-state index contributed by atoms with van der Waals surface area (Å²) in [5, 5.41) is 2.75. The predicted octanol–water partition coefficient (Wildman–Crippen LogP) is 2.51. The molecule has 12 heteroatoms. The second kappa shape index (κ2) is 13.1. The van der Waals surface area contributed by atoms with Gasteiger partial charge in [0.2, 0.25) is 5.75 Å². The minimum Gasteiger partial charge on any atom is -0.493 e. The van der Waals surface area contributed by atoms with Crippen LogP contribution in [0.1, 0.15) is 51.5 Å². The second-order valence-corrected chi connectivity index (χ2v) is 10.3. The Balaban J connectivity index is 1.32. The molecule has 11 nitrogen and oxygen atoms in total. The normalized spacial score (nSPS) is 16.6. The highest BCUT2D eigenvalue weighted by Crippen LogP contribution is 2.41. The fourth-order valence-electron chi connectivity index (χ4n) is 5.00. The Morgan fingerprint density at radius 1 is 0.897 bits per heavy atom. The second-order valence-electron chi connectivity index (χ2n) is 9.39. The van der Waals surface area contributed by atoms with Crippen LogP contribution < -0.4 is 14.2 Å². The number of benzene rings is 1. The lowest BCUT2D eigenvalue weighted by Gasteiger charge is -2.33. The molecule has 0 spiro atoms. The van der Waals surface area contributed by atoms with Crippen LogP contribution in [-0.4, -0.2) is 111 Å². The van der Waals surface area contributed by atoms with Gasteiger partial charge in [0, 0.05) is 50.6 Å². The maximum Gasteiger partial charge on any atom is 0.320 e.